The Kier molecular flexibility index (Phi) is 4.29. The maximum absolute atomic E-state index is 12.3. The fourth-order valence-corrected chi connectivity index (χ4v) is 3.21. The van der Waals surface area contributed by atoms with Crippen LogP contribution >= 0.6 is 11.3 Å². The molecule has 0 aliphatic heterocycles. The van der Waals surface area contributed by atoms with Gasteiger partial charge in [0.1, 0.15) is 10.6 Å². The lowest BCUT2D eigenvalue weighted by Gasteiger charge is -2.02. The molecular formula is C16H18N4O2S. The molecule has 3 aromatic rings. The van der Waals surface area contributed by atoms with Gasteiger partial charge in [-0.1, -0.05) is 0 Å². The monoisotopic (exact) mass is 330 g/mol. The minimum absolute atomic E-state index is 0.0987. The molecule has 0 unspecified atom stereocenters. The minimum Gasteiger partial charge on any atom is -0.459 e. The van der Waals surface area contributed by atoms with Crippen molar-refractivity contribution in [3.63, 3.8) is 0 Å². The Bertz CT molecular complexity index is 831. The van der Waals surface area contributed by atoms with Crippen LogP contribution in [0, 0.1) is 13.8 Å². The number of furan rings is 1. The summed E-state index contributed by atoms with van der Waals surface area (Å²) in [4.78, 5) is 17.4. The molecule has 0 fully saturated rings. The molecule has 0 aromatic carbocycles. The molecule has 0 spiro atoms. The van der Waals surface area contributed by atoms with E-state index in [4.69, 9.17) is 4.42 Å². The smallest absolute Gasteiger partial charge is 0.263 e. The number of carbonyl (C=O) groups excluding carboxylic acids is 1. The van der Waals surface area contributed by atoms with Crippen molar-refractivity contribution in [2.45, 2.75) is 20.3 Å². The molecule has 3 rings (SSSR count). The molecule has 0 atom stereocenters. The van der Waals surface area contributed by atoms with Crippen LogP contribution in [-0.2, 0) is 13.5 Å². The van der Waals surface area contributed by atoms with Gasteiger partial charge in [0, 0.05) is 19.8 Å². The summed E-state index contributed by atoms with van der Waals surface area (Å²) in [6.45, 7) is 4.29. The summed E-state index contributed by atoms with van der Waals surface area (Å²) in [5.41, 5.74) is 1.82. The summed E-state index contributed by atoms with van der Waals surface area (Å²) < 4.78 is 7.32. The zero-order valence-electron chi connectivity index (χ0n) is 13.3. The Morgan fingerprint density at radius 1 is 1.39 bits per heavy atom. The van der Waals surface area contributed by atoms with Gasteiger partial charge in [-0.3, -0.25) is 9.48 Å². The highest BCUT2D eigenvalue weighted by Gasteiger charge is 2.17. The largest absolute Gasteiger partial charge is 0.459 e. The number of hydrogen-bond acceptors (Lipinski definition) is 5. The van der Waals surface area contributed by atoms with E-state index in [-0.39, 0.29) is 5.91 Å². The van der Waals surface area contributed by atoms with Gasteiger partial charge in [-0.25, -0.2) is 4.98 Å². The van der Waals surface area contributed by atoms with Crippen molar-refractivity contribution in [1.82, 2.24) is 20.1 Å². The van der Waals surface area contributed by atoms with Crippen molar-refractivity contribution in [3.8, 4) is 10.8 Å². The van der Waals surface area contributed by atoms with Crippen LogP contribution in [0.2, 0.25) is 0 Å². The molecule has 6 nitrogen and oxygen atoms in total. The molecule has 1 N–H and O–H groups in total. The molecule has 1 amide bonds. The third kappa shape index (κ3) is 3.50. The molecule has 3 aromatic heterocycles. The molecule has 3 heterocycles. The van der Waals surface area contributed by atoms with Gasteiger partial charge in [-0.2, -0.15) is 5.10 Å². The first-order valence-corrected chi connectivity index (χ1v) is 8.14. The van der Waals surface area contributed by atoms with Gasteiger partial charge in [-0.15, -0.1) is 11.3 Å². The predicted octanol–water partition coefficient (Wildman–Crippen LogP) is 2.73. The van der Waals surface area contributed by atoms with Crippen LogP contribution in [0.15, 0.2) is 28.9 Å². The fraction of sp³-hybridized carbons (Fsp3) is 0.312. The first-order valence-electron chi connectivity index (χ1n) is 7.33. The molecule has 0 aliphatic carbocycles. The zero-order valence-corrected chi connectivity index (χ0v) is 14.1. The molecule has 0 aliphatic rings. The van der Waals surface area contributed by atoms with Gasteiger partial charge in [0.15, 0.2) is 10.8 Å². The highest BCUT2D eigenvalue weighted by molar-refractivity contribution is 7.17. The molecule has 0 radical (unpaired) electrons. The molecule has 7 heteroatoms. The van der Waals surface area contributed by atoms with E-state index < -0.39 is 0 Å². The second kappa shape index (κ2) is 6.37. The summed E-state index contributed by atoms with van der Waals surface area (Å²) in [7, 11) is 1.88. The Labute approximate surface area is 138 Å². The summed E-state index contributed by atoms with van der Waals surface area (Å²) in [6, 6.07) is 3.76. The second-order valence-corrected chi connectivity index (χ2v) is 6.37. The Morgan fingerprint density at radius 3 is 2.87 bits per heavy atom. The summed E-state index contributed by atoms with van der Waals surface area (Å²) in [5.74, 6) is 1.43. The van der Waals surface area contributed by atoms with Gasteiger partial charge in [0.25, 0.3) is 5.91 Å². The van der Waals surface area contributed by atoms with E-state index in [1.165, 1.54) is 11.3 Å². The average molecular weight is 330 g/mol. The highest BCUT2D eigenvalue weighted by atomic mass is 32.1. The number of aromatic nitrogens is 3. The van der Waals surface area contributed by atoms with Gasteiger partial charge in [-0.05, 0) is 38.0 Å². The number of amides is 1. The number of aryl methyl sites for hydroxylation is 3. The first-order chi connectivity index (χ1) is 11.0. The molecule has 120 valence electrons. The van der Waals surface area contributed by atoms with E-state index in [1.807, 2.05) is 39.2 Å². The van der Waals surface area contributed by atoms with E-state index >= 15 is 0 Å². The lowest BCUT2D eigenvalue weighted by atomic mass is 10.2. The maximum atomic E-state index is 12.3. The summed E-state index contributed by atoms with van der Waals surface area (Å²) >= 11 is 1.35. The van der Waals surface area contributed by atoms with Crippen LogP contribution in [0.25, 0.3) is 10.8 Å². The second-order valence-electron chi connectivity index (χ2n) is 5.37. The number of nitrogens with one attached hydrogen (secondary N) is 1. The first kappa shape index (κ1) is 15.5. The minimum atomic E-state index is -0.0987. The van der Waals surface area contributed by atoms with Crippen LogP contribution in [0.4, 0.5) is 0 Å². The standard InChI is InChI=1S/C16H18N4O2S/c1-10-4-5-13(22-10)16-19-11(2)14(23-16)15(21)17-7-6-12-8-18-20(3)9-12/h4-5,8-9H,6-7H2,1-3H3,(H,17,21). The van der Waals surface area contributed by atoms with Crippen molar-refractivity contribution in [2.24, 2.45) is 7.05 Å². The molecule has 0 bridgehead atoms. The van der Waals surface area contributed by atoms with E-state index in [9.17, 15) is 4.79 Å². The van der Waals surface area contributed by atoms with E-state index in [0.717, 1.165) is 28.4 Å². The van der Waals surface area contributed by atoms with Gasteiger partial charge in [0.2, 0.25) is 0 Å². The highest BCUT2D eigenvalue weighted by Crippen LogP contribution is 2.29. The van der Waals surface area contributed by atoms with Crippen LogP contribution in [0.5, 0.6) is 0 Å². The SMILES string of the molecule is Cc1ccc(-c2nc(C)c(C(=O)NCCc3cnn(C)c3)s2)o1. The molecule has 0 saturated carbocycles. The topological polar surface area (TPSA) is 73.0 Å². The quantitative estimate of drug-likeness (QED) is 0.781. The van der Waals surface area contributed by atoms with Crippen molar-refractivity contribution in [2.75, 3.05) is 6.54 Å². The van der Waals surface area contributed by atoms with Crippen LogP contribution in [0.3, 0.4) is 0 Å². The fourth-order valence-electron chi connectivity index (χ4n) is 2.26. The van der Waals surface area contributed by atoms with Crippen molar-refractivity contribution in [1.29, 1.82) is 0 Å². The Hall–Kier alpha value is -2.41. The van der Waals surface area contributed by atoms with Crippen molar-refractivity contribution < 1.29 is 9.21 Å². The lowest BCUT2D eigenvalue weighted by Crippen LogP contribution is -2.25. The number of nitrogens with zero attached hydrogens (tertiary/aromatic N) is 3. The molecule has 23 heavy (non-hydrogen) atoms. The maximum Gasteiger partial charge on any atom is 0.263 e. The Morgan fingerprint density at radius 2 is 2.22 bits per heavy atom. The van der Waals surface area contributed by atoms with Crippen LogP contribution < -0.4 is 5.32 Å². The van der Waals surface area contributed by atoms with E-state index in [2.05, 4.69) is 15.4 Å². The van der Waals surface area contributed by atoms with Gasteiger partial charge >= 0.3 is 0 Å². The third-order valence-electron chi connectivity index (χ3n) is 3.41. The van der Waals surface area contributed by atoms with Crippen molar-refractivity contribution in [3.05, 3.63) is 46.4 Å². The number of carbonyl (C=O) groups is 1. The molecular weight excluding hydrogens is 312 g/mol. The number of rotatable bonds is 5. The number of thiazole rings is 1. The third-order valence-corrected chi connectivity index (χ3v) is 4.58. The Balaban J connectivity index is 1.64. The van der Waals surface area contributed by atoms with Crippen LogP contribution in [0.1, 0.15) is 26.7 Å². The van der Waals surface area contributed by atoms with E-state index in [0.29, 0.717) is 17.2 Å². The summed E-state index contributed by atoms with van der Waals surface area (Å²) in [5, 5.41) is 7.77. The average Bonchev–Trinajstić information content (AvgIpc) is 3.20. The summed E-state index contributed by atoms with van der Waals surface area (Å²) in [6.07, 6.45) is 4.50. The number of hydrogen-bond donors (Lipinski definition) is 1. The van der Waals surface area contributed by atoms with Gasteiger partial charge in [0.05, 0.1) is 11.9 Å². The van der Waals surface area contributed by atoms with E-state index in [1.54, 1.807) is 10.9 Å². The van der Waals surface area contributed by atoms with Crippen molar-refractivity contribution >= 4 is 17.2 Å². The van der Waals surface area contributed by atoms with Crippen LogP contribution in [-0.4, -0.2) is 27.2 Å². The van der Waals surface area contributed by atoms with Gasteiger partial charge < -0.3 is 9.73 Å². The predicted molar refractivity (Wildman–Crippen MR) is 88.5 cm³/mol. The normalized spacial score (nSPS) is 10.9. The molecule has 0 saturated heterocycles. The zero-order chi connectivity index (χ0) is 16.4. The lowest BCUT2D eigenvalue weighted by molar-refractivity contribution is 0.0957.